The molecule has 5 heteroatoms. The molecule has 0 radical (unpaired) electrons. The number of rotatable bonds is 3. The first-order valence-corrected chi connectivity index (χ1v) is 7.52. The predicted octanol–water partition coefficient (Wildman–Crippen LogP) is 3.23. The van der Waals surface area contributed by atoms with Gasteiger partial charge in [-0.3, -0.25) is 4.79 Å². The molecule has 3 rings (SSSR count). The van der Waals surface area contributed by atoms with Crippen molar-refractivity contribution in [2.45, 2.75) is 17.6 Å². The number of fused-ring (bicyclic) bond motifs is 1. The normalized spacial score (nSPS) is 10.9. The highest BCUT2D eigenvalue weighted by atomic mass is 32.2. The van der Waals surface area contributed by atoms with Crippen LogP contribution in [0, 0.1) is 6.92 Å². The van der Waals surface area contributed by atoms with E-state index in [1.165, 1.54) is 11.8 Å². The predicted molar refractivity (Wildman–Crippen MR) is 84.8 cm³/mol. The van der Waals surface area contributed by atoms with Gasteiger partial charge in [-0.1, -0.05) is 18.2 Å². The van der Waals surface area contributed by atoms with E-state index in [2.05, 4.69) is 9.97 Å². The molecule has 0 spiro atoms. The fourth-order valence-corrected chi connectivity index (χ4v) is 2.96. The standard InChI is InChI=1S/C16H14N2O2S/c1-10-4-2-7-13-15(10)17-14(18-16(13)20)9-21-12-6-3-5-11(19)8-12/h2-8,19H,9H2,1H3,(H,17,18,20). The highest BCUT2D eigenvalue weighted by molar-refractivity contribution is 7.98. The zero-order valence-corrected chi connectivity index (χ0v) is 12.3. The highest BCUT2D eigenvalue weighted by Crippen LogP contribution is 2.24. The molecule has 1 heterocycles. The molecule has 0 saturated carbocycles. The van der Waals surface area contributed by atoms with Crippen molar-refractivity contribution >= 4 is 22.7 Å². The van der Waals surface area contributed by atoms with Gasteiger partial charge in [-0.25, -0.2) is 4.98 Å². The number of phenols is 1. The van der Waals surface area contributed by atoms with Gasteiger partial charge in [0.1, 0.15) is 11.6 Å². The number of nitrogens with one attached hydrogen (secondary N) is 1. The quantitative estimate of drug-likeness (QED) is 0.729. The van der Waals surface area contributed by atoms with Crippen molar-refractivity contribution in [1.29, 1.82) is 0 Å². The van der Waals surface area contributed by atoms with Crippen LogP contribution in [0.25, 0.3) is 10.9 Å². The Morgan fingerprint density at radius 2 is 2.05 bits per heavy atom. The minimum Gasteiger partial charge on any atom is -0.508 e. The largest absolute Gasteiger partial charge is 0.508 e. The Hall–Kier alpha value is -2.27. The Morgan fingerprint density at radius 1 is 1.24 bits per heavy atom. The van der Waals surface area contributed by atoms with Crippen LogP contribution in [-0.4, -0.2) is 15.1 Å². The van der Waals surface area contributed by atoms with Gasteiger partial charge < -0.3 is 10.1 Å². The first-order chi connectivity index (χ1) is 10.1. The maximum absolute atomic E-state index is 12.1. The van der Waals surface area contributed by atoms with E-state index >= 15 is 0 Å². The molecule has 4 nitrogen and oxygen atoms in total. The van der Waals surface area contributed by atoms with Crippen LogP contribution in [-0.2, 0) is 5.75 Å². The van der Waals surface area contributed by atoms with E-state index in [0.29, 0.717) is 17.0 Å². The lowest BCUT2D eigenvalue weighted by Gasteiger charge is -2.05. The van der Waals surface area contributed by atoms with Gasteiger partial charge in [0, 0.05) is 4.90 Å². The maximum Gasteiger partial charge on any atom is 0.258 e. The van der Waals surface area contributed by atoms with Crippen LogP contribution < -0.4 is 5.56 Å². The van der Waals surface area contributed by atoms with Crippen LogP contribution in [0.1, 0.15) is 11.4 Å². The fourth-order valence-electron chi connectivity index (χ4n) is 2.15. The summed E-state index contributed by atoms with van der Waals surface area (Å²) in [6.07, 6.45) is 0. The molecular formula is C16H14N2O2S. The van der Waals surface area contributed by atoms with E-state index < -0.39 is 0 Å². The first kappa shape index (κ1) is 13.7. The van der Waals surface area contributed by atoms with Crippen LogP contribution in [0.2, 0.25) is 0 Å². The Morgan fingerprint density at radius 3 is 2.86 bits per heavy atom. The summed E-state index contributed by atoms with van der Waals surface area (Å²) < 4.78 is 0. The zero-order valence-electron chi connectivity index (χ0n) is 11.5. The number of phenolic OH excluding ortho intramolecular Hbond substituents is 1. The minimum atomic E-state index is -0.116. The summed E-state index contributed by atoms with van der Waals surface area (Å²) in [5.74, 6) is 1.41. The van der Waals surface area contributed by atoms with Crippen LogP contribution in [0.5, 0.6) is 5.75 Å². The highest BCUT2D eigenvalue weighted by Gasteiger charge is 2.06. The molecule has 0 bridgehead atoms. The van der Waals surface area contributed by atoms with Crippen molar-refractivity contribution < 1.29 is 5.11 Å². The average molecular weight is 298 g/mol. The lowest BCUT2D eigenvalue weighted by atomic mass is 10.1. The molecule has 0 amide bonds. The maximum atomic E-state index is 12.1. The Bertz CT molecular complexity index is 858. The van der Waals surface area contributed by atoms with Crippen LogP contribution in [0.3, 0.4) is 0 Å². The third-order valence-corrected chi connectivity index (χ3v) is 4.19. The first-order valence-electron chi connectivity index (χ1n) is 6.54. The van der Waals surface area contributed by atoms with Crippen LogP contribution in [0.4, 0.5) is 0 Å². The number of nitrogens with zero attached hydrogens (tertiary/aromatic N) is 1. The van der Waals surface area contributed by atoms with E-state index in [-0.39, 0.29) is 11.3 Å². The minimum absolute atomic E-state index is 0.116. The summed E-state index contributed by atoms with van der Waals surface area (Å²) in [4.78, 5) is 20.4. The van der Waals surface area contributed by atoms with Gasteiger partial charge >= 0.3 is 0 Å². The number of H-pyrrole nitrogens is 1. The van der Waals surface area contributed by atoms with E-state index in [1.807, 2.05) is 25.1 Å². The summed E-state index contributed by atoms with van der Waals surface area (Å²) in [5.41, 5.74) is 1.62. The molecule has 3 aromatic rings. The van der Waals surface area contributed by atoms with Crippen molar-refractivity contribution in [2.75, 3.05) is 0 Å². The summed E-state index contributed by atoms with van der Waals surface area (Å²) in [6.45, 7) is 1.95. The van der Waals surface area contributed by atoms with Gasteiger partial charge in [0.05, 0.1) is 16.7 Å². The van der Waals surface area contributed by atoms with Crippen molar-refractivity contribution in [3.63, 3.8) is 0 Å². The second kappa shape index (κ2) is 5.61. The molecule has 106 valence electrons. The third-order valence-electron chi connectivity index (χ3n) is 3.18. The molecule has 0 saturated heterocycles. The lowest BCUT2D eigenvalue weighted by Crippen LogP contribution is -2.11. The number of aromatic nitrogens is 2. The number of hydrogen-bond donors (Lipinski definition) is 2. The zero-order chi connectivity index (χ0) is 14.8. The molecule has 0 unspecified atom stereocenters. The third kappa shape index (κ3) is 2.92. The molecule has 21 heavy (non-hydrogen) atoms. The number of benzene rings is 2. The fraction of sp³-hybridized carbons (Fsp3) is 0.125. The summed E-state index contributed by atoms with van der Waals surface area (Å²) >= 11 is 1.52. The van der Waals surface area contributed by atoms with Gasteiger partial charge in [-0.15, -0.1) is 11.8 Å². The van der Waals surface area contributed by atoms with E-state index in [4.69, 9.17) is 0 Å². The lowest BCUT2D eigenvalue weighted by molar-refractivity contribution is 0.474. The molecule has 0 aliphatic carbocycles. The number of thioether (sulfide) groups is 1. The Labute approximate surface area is 125 Å². The molecule has 0 fully saturated rings. The van der Waals surface area contributed by atoms with Crippen LogP contribution >= 0.6 is 11.8 Å². The molecule has 0 atom stereocenters. The molecule has 2 N–H and O–H groups in total. The van der Waals surface area contributed by atoms with Gasteiger partial charge in [-0.2, -0.15) is 0 Å². The molecule has 1 aromatic heterocycles. The van der Waals surface area contributed by atoms with Crippen molar-refractivity contribution in [1.82, 2.24) is 9.97 Å². The SMILES string of the molecule is Cc1cccc2c(=O)[nH]c(CSc3cccc(O)c3)nc12. The van der Waals surface area contributed by atoms with E-state index in [9.17, 15) is 9.90 Å². The topological polar surface area (TPSA) is 66.0 Å². The second-order valence-corrected chi connectivity index (χ2v) is 5.82. The van der Waals surface area contributed by atoms with Gasteiger partial charge in [0.2, 0.25) is 0 Å². The number of aromatic hydroxyl groups is 1. The Balaban J connectivity index is 1.91. The summed E-state index contributed by atoms with van der Waals surface area (Å²) in [5, 5.41) is 10.1. The van der Waals surface area contributed by atoms with Gasteiger partial charge in [0.25, 0.3) is 5.56 Å². The van der Waals surface area contributed by atoms with Crippen molar-refractivity contribution in [2.24, 2.45) is 0 Å². The number of hydrogen-bond acceptors (Lipinski definition) is 4. The molecule has 2 aromatic carbocycles. The van der Waals surface area contributed by atoms with Crippen molar-refractivity contribution in [3.05, 3.63) is 64.2 Å². The Kier molecular flexibility index (Phi) is 3.66. The summed E-state index contributed by atoms with van der Waals surface area (Å²) in [6, 6.07) is 12.6. The van der Waals surface area contributed by atoms with Gasteiger partial charge in [-0.05, 0) is 36.8 Å². The smallest absolute Gasteiger partial charge is 0.258 e. The number of aryl methyl sites for hydroxylation is 1. The van der Waals surface area contributed by atoms with E-state index in [1.54, 1.807) is 24.3 Å². The number of para-hydroxylation sites is 1. The van der Waals surface area contributed by atoms with Crippen molar-refractivity contribution in [3.8, 4) is 5.75 Å². The molecule has 0 aliphatic rings. The molecular weight excluding hydrogens is 284 g/mol. The van der Waals surface area contributed by atoms with Gasteiger partial charge in [0.15, 0.2) is 0 Å². The molecule has 0 aliphatic heterocycles. The second-order valence-electron chi connectivity index (χ2n) is 4.77. The monoisotopic (exact) mass is 298 g/mol. The van der Waals surface area contributed by atoms with Crippen LogP contribution in [0.15, 0.2) is 52.2 Å². The van der Waals surface area contributed by atoms with E-state index in [0.717, 1.165) is 16.0 Å². The number of aromatic amines is 1. The summed E-state index contributed by atoms with van der Waals surface area (Å²) in [7, 11) is 0. The average Bonchev–Trinajstić information content (AvgIpc) is 2.46.